The predicted molar refractivity (Wildman–Crippen MR) is 96.9 cm³/mol. The normalized spacial score (nSPS) is 21.3. The van der Waals surface area contributed by atoms with Gasteiger partial charge in [-0.25, -0.2) is 15.8 Å². The summed E-state index contributed by atoms with van der Waals surface area (Å²) in [6.07, 6.45) is -5.56. The largest absolute Gasteiger partial charge is 0.497 e. The van der Waals surface area contributed by atoms with Crippen molar-refractivity contribution in [1.82, 2.24) is 21.5 Å². The number of benzene rings is 1. The van der Waals surface area contributed by atoms with Gasteiger partial charge < -0.3 is 14.8 Å². The number of hydrogen-bond donors (Lipinski definition) is 4. The van der Waals surface area contributed by atoms with Crippen LogP contribution >= 0.6 is 0 Å². The maximum atomic E-state index is 12.8. The van der Waals surface area contributed by atoms with Gasteiger partial charge in [-0.3, -0.25) is 10.1 Å². The van der Waals surface area contributed by atoms with Crippen LogP contribution in [0.3, 0.4) is 0 Å². The van der Waals surface area contributed by atoms with Gasteiger partial charge in [0.25, 0.3) is 5.91 Å². The van der Waals surface area contributed by atoms with E-state index in [1.54, 1.807) is 31.2 Å². The van der Waals surface area contributed by atoms with Crippen LogP contribution in [-0.2, 0) is 4.74 Å². The molecule has 8 nitrogen and oxygen atoms in total. The minimum absolute atomic E-state index is 0.0412. The summed E-state index contributed by atoms with van der Waals surface area (Å²) in [6.45, 7) is 2.10. The number of guanidine groups is 1. The van der Waals surface area contributed by atoms with Crippen molar-refractivity contribution in [3.05, 3.63) is 29.8 Å². The summed E-state index contributed by atoms with van der Waals surface area (Å²) in [6, 6.07) is 4.52. The van der Waals surface area contributed by atoms with Gasteiger partial charge in [-0.05, 0) is 25.1 Å². The molecule has 0 spiro atoms. The van der Waals surface area contributed by atoms with E-state index in [0.717, 1.165) is 0 Å². The van der Waals surface area contributed by atoms with Crippen LogP contribution in [0.2, 0.25) is 0 Å². The van der Waals surface area contributed by atoms with Crippen molar-refractivity contribution >= 4 is 11.9 Å². The lowest BCUT2D eigenvalue weighted by Gasteiger charge is -2.18. The van der Waals surface area contributed by atoms with E-state index in [4.69, 9.17) is 9.47 Å². The number of rotatable bonds is 6. The van der Waals surface area contributed by atoms with Gasteiger partial charge in [-0.2, -0.15) is 13.2 Å². The molecule has 0 saturated carbocycles. The zero-order valence-electron chi connectivity index (χ0n) is 15.8. The van der Waals surface area contributed by atoms with Crippen molar-refractivity contribution in [3.63, 3.8) is 0 Å². The lowest BCUT2D eigenvalue weighted by atomic mass is 10.2. The second-order valence-electron chi connectivity index (χ2n) is 6.30. The number of nitrogens with zero attached hydrogens (tertiary/aromatic N) is 1. The summed E-state index contributed by atoms with van der Waals surface area (Å²) in [7, 11) is 2.99. The highest BCUT2D eigenvalue weighted by molar-refractivity contribution is 6.06. The molecule has 0 aliphatic carbocycles. The third-order valence-corrected chi connectivity index (χ3v) is 3.93. The van der Waals surface area contributed by atoms with E-state index in [2.05, 4.69) is 26.5 Å². The molecule has 4 N–H and O–H groups in total. The van der Waals surface area contributed by atoms with Crippen LogP contribution in [0, 0.1) is 0 Å². The first-order valence-corrected chi connectivity index (χ1v) is 8.59. The van der Waals surface area contributed by atoms with E-state index in [1.165, 1.54) is 14.2 Å². The summed E-state index contributed by atoms with van der Waals surface area (Å²) in [5.41, 5.74) is 4.97. The SMILES string of the molecule is COC[C@H](C)NC(=NC1CC(C(F)(F)F)NN1)NC(=O)c1cccc(OC)c1. The molecule has 1 fully saturated rings. The molecule has 0 aromatic heterocycles. The first-order valence-electron chi connectivity index (χ1n) is 8.59. The number of ether oxygens (including phenoxy) is 2. The maximum Gasteiger partial charge on any atom is 0.405 e. The van der Waals surface area contributed by atoms with Crippen LogP contribution in [0.4, 0.5) is 13.2 Å². The zero-order chi connectivity index (χ0) is 20.7. The van der Waals surface area contributed by atoms with Crippen LogP contribution in [0.5, 0.6) is 5.75 Å². The minimum Gasteiger partial charge on any atom is -0.497 e. The molecule has 2 rings (SSSR count). The number of methoxy groups -OCH3 is 2. The Labute approximate surface area is 160 Å². The Bertz CT molecular complexity index is 699. The number of alkyl halides is 3. The standard InChI is InChI=1S/C17H24F3N5O3/c1-10(9-27-2)21-16(22-14-8-13(24-25-14)17(18,19)20)23-15(26)11-5-4-6-12(7-11)28-3/h4-7,10,13-14,24-25H,8-9H2,1-3H3,(H2,21,22,23,26)/t10-,13?,14?/m0/s1. The maximum absolute atomic E-state index is 12.8. The molecule has 2 unspecified atom stereocenters. The Morgan fingerprint density at radius 2 is 2.11 bits per heavy atom. The number of carbonyl (C=O) groups is 1. The monoisotopic (exact) mass is 403 g/mol. The van der Waals surface area contributed by atoms with Crippen LogP contribution in [0.15, 0.2) is 29.3 Å². The Balaban J connectivity index is 2.13. The van der Waals surface area contributed by atoms with Gasteiger partial charge in [0.15, 0.2) is 5.96 Å². The van der Waals surface area contributed by atoms with Crippen LogP contribution < -0.4 is 26.2 Å². The number of halogens is 3. The Morgan fingerprint density at radius 3 is 2.71 bits per heavy atom. The van der Waals surface area contributed by atoms with Gasteiger partial charge in [0.05, 0.1) is 13.7 Å². The van der Waals surface area contributed by atoms with Crippen LogP contribution in [-0.4, -0.2) is 57.1 Å². The van der Waals surface area contributed by atoms with E-state index in [-0.39, 0.29) is 18.4 Å². The molecule has 11 heteroatoms. The molecule has 0 radical (unpaired) electrons. The second-order valence-corrected chi connectivity index (χ2v) is 6.30. The molecule has 1 aromatic rings. The summed E-state index contributed by atoms with van der Waals surface area (Å²) in [5.74, 6) is 0.0640. The molecule has 1 aliphatic heterocycles. The van der Waals surface area contributed by atoms with Crippen LogP contribution in [0.25, 0.3) is 0 Å². The predicted octanol–water partition coefficient (Wildman–Crippen LogP) is 1.16. The summed E-state index contributed by atoms with van der Waals surface area (Å²) < 4.78 is 48.6. The van der Waals surface area contributed by atoms with E-state index in [1.807, 2.05) is 0 Å². The van der Waals surface area contributed by atoms with Gasteiger partial charge >= 0.3 is 6.18 Å². The van der Waals surface area contributed by atoms with E-state index < -0.39 is 24.3 Å². The summed E-state index contributed by atoms with van der Waals surface area (Å²) >= 11 is 0. The molecular formula is C17H24F3N5O3. The van der Waals surface area contributed by atoms with Gasteiger partial charge in [0, 0.05) is 25.1 Å². The number of hydrogen-bond acceptors (Lipinski definition) is 6. The Hall–Kier alpha value is -2.37. The highest BCUT2D eigenvalue weighted by Gasteiger charge is 2.44. The molecule has 1 amide bonds. The van der Waals surface area contributed by atoms with Crippen molar-refractivity contribution < 1.29 is 27.4 Å². The van der Waals surface area contributed by atoms with Gasteiger partial charge in [0.1, 0.15) is 18.0 Å². The molecular weight excluding hydrogens is 379 g/mol. The molecule has 3 atom stereocenters. The lowest BCUT2D eigenvalue weighted by molar-refractivity contribution is -0.152. The number of amides is 1. The molecule has 28 heavy (non-hydrogen) atoms. The van der Waals surface area contributed by atoms with E-state index in [9.17, 15) is 18.0 Å². The van der Waals surface area contributed by atoms with Gasteiger partial charge in [-0.1, -0.05) is 6.07 Å². The third kappa shape index (κ3) is 6.36. The van der Waals surface area contributed by atoms with E-state index >= 15 is 0 Å². The molecule has 1 aliphatic rings. The highest BCUT2D eigenvalue weighted by atomic mass is 19.4. The van der Waals surface area contributed by atoms with Crippen LogP contribution in [0.1, 0.15) is 23.7 Å². The number of hydrazine groups is 1. The number of carbonyl (C=O) groups excluding carboxylic acids is 1. The first-order chi connectivity index (χ1) is 13.2. The smallest absolute Gasteiger partial charge is 0.405 e. The topological polar surface area (TPSA) is 96.0 Å². The highest BCUT2D eigenvalue weighted by Crippen LogP contribution is 2.25. The minimum atomic E-state index is -4.39. The lowest BCUT2D eigenvalue weighted by Crippen LogP contribution is -2.47. The zero-order valence-corrected chi connectivity index (χ0v) is 15.8. The quantitative estimate of drug-likeness (QED) is 0.421. The Morgan fingerprint density at radius 1 is 1.36 bits per heavy atom. The van der Waals surface area contributed by atoms with Crippen molar-refractivity contribution in [2.75, 3.05) is 20.8 Å². The fraction of sp³-hybridized carbons (Fsp3) is 0.529. The summed E-state index contributed by atoms with van der Waals surface area (Å²) in [4.78, 5) is 16.7. The molecule has 1 heterocycles. The Kier molecular flexibility index (Phi) is 7.61. The van der Waals surface area contributed by atoms with E-state index in [0.29, 0.717) is 17.9 Å². The molecule has 1 saturated heterocycles. The van der Waals surface area contributed by atoms with Crippen molar-refractivity contribution in [3.8, 4) is 5.75 Å². The van der Waals surface area contributed by atoms with Crippen molar-refractivity contribution in [2.45, 2.75) is 37.8 Å². The fourth-order valence-corrected chi connectivity index (χ4v) is 2.57. The summed E-state index contributed by atoms with van der Waals surface area (Å²) in [5, 5.41) is 5.53. The number of aliphatic imine (C=N–C) groups is 1. The van der Waals surface area contributed by atoms with Gasteiger partial charge in [0.2, 0.25) is 0 Å². The van der Waals surface area contributed by atoms with Crippen molar-refractivity contribution in [2.24, 2.45) is 4.99 Å². The van der Waals surface area contributed by atoms with Crippen molar-refractivity contribution in [1.29, 1.82) is 0 Å². The molecule has 0 bridgehead atoms. The van der Waals surface area contributed by atoms with Gasteiger partial charge in [-0.15, -0.1) is 0 Å². The fourth-order valence-electron chi connectivity index (χ4n) is 2.57. The average Bonchev–Trinajstić information content (AvgIpc) is 3.10. The number of nitrogens with one attached hydrogen (secondary N) is 4. The molecule has 1 aromatic carbocycles. The average molecular weight is 403 g/mol. The third-order valence-electron chi connectivity index (χ3n) is 3.93. The molecule has 156 valence electrons. The second kappa shape index (κ2) is 9.71. The first kappa shape index (κ1) is 21.9.